The molecule has 5 heteroatoms. The molecule has 0 saturated carbocycles. The number of rotatable bonds is 0. The number of aliphatic hydroxyl groups excluding tert-OH is 1. The van der Waals surface area contributed by atoms with Gasteiger partial charge >= 0.3 is 0 Å². The number of nitrogens with zero attached hydrogens (tertiary/aromatic N) is 2. The van der Waals surface area contributed by atoms with Gasteiger partial charge in [0.1, 0.15) is 0 Å². The van der Waals surface area contributed by atoms with E-state index >= 15 is 0 Å². The Morgan fingerprint density at radius 1 is 1.67 bits per heavy atom. The van der Waals surface area contributed by atoms with Crippen LogP contribution in [0.4, 0.5) is 0 Å². The predicted molar refractivity (Wildman–Crippen MR) is 47.2 cm³/mol. The Labute approximate surface area is 77.0 Å². The van der Waals surface area contributed by atoms with Crippen molar-refractivity contribution in [2.24, 2.45) is 0 Å². The fourth-order valence-corrected chi connectivity index (χ4v) is 1.31. The van der Waals surface area contributed by atoms with Crippen molar-refractivity contribution in [2.45, 2.75) is 19.2 Å². The quantitative estimate of drug-likeness (QED) is 0.593. The maximum Gasteiger partial charge on any atom is 0.0860 e. The van der Waals surface area contributed by atoms with Crippen molar-refractivity contribution >= 4 is 12.4 Å². The number of fused-ring (bicyclic) bond motifs is 1. The molecule has 0 bridgehead atoms. The lowest BCUT2D eigenvalue weighted by molar-refractivity contribution is 0.153. The van der Waals surface area contributed by atoms with Crippen molar-refractivity contribution in [3.05, 3.63) is 18.0 Å². The van der Waals surface area contributed by atoms with E-state index in [1.54, 1.807) is 6.20 Å². The number of halogens is 1. The van der Waals surface area contributed by atoms with Crippen LogP contribution in [0.1, 0.15) is 5.69 Å². The van der Waals surface area contributed by atoms with Gasteiger partial charge in [-0.15, -0.1) is 12.4 Å². The molecule has 1 atom stereocenters. The van der Waals surface area contributed by atoms with Gasteiger partial charge in [-0.2, -0.15) is 5.10 Å². The number of hydrogen-bond donors (Lipinski definition) is 2. The Morgan fingerprint density at radius 2 is 2.50 bits per heavy atom. The van der Waals surface area contributed by atoms with Gasteiger partial charge in [-0.25, -0.2) is 0 Å². The van der Waals surface area contributed by atoms with Crippen LogP contribution in [0.25, 0.3) is 0 Å². The van der Waals surface area contributed by atoms with Crippen molar-refractivity contribution < 1.29 is 5.11 Å². The first kappa shape index (κ1) is 9.51. The molecule has 1 aliphatic heterocycles. The second-order valence-corrected chi connectivity index (χ2v) is 2.79. The van der Waals surface area contributed by atoms with E-state index in [2.05, 4.69) is 10.4 Å². The molecule has 1 unspecified atom stereocenters. The number of β-amino-alcohol motifs (C(OH)–C–C–N with tert-alkyl or cyclic N) is 1. The molecule has 0 saturated heterocycles. The van der Waals surface area contributed by atoms with E-state index < -0.39 is 0 Å². The van der Waals surface area contributed by atoms with Gasteiger partial charge in [0.2, 0.25) is 0 Å². The fraction of sp³-hybridized carbons (Fsp3) is 0.571. The van der Waals surface area contributed by atoms with Crippen LogP contribution in [0.15, 0.2) is 12.3 Å². The number of hydrogen-bond acceptors (Lipinski definition) is 3. The van der Waals surface area contributed by atoms with Gasteiger partial charge in [0, 0.05) is 19.3 Å². The first-order chi connectivity index (χ1) is 5.36. The zero-order chi connectivity index (χ0) is 7.68. The first-order valence-electron chi connectivity index (χ1n) is 3.76. The lowest BCUT2D eigenvalue weighted by atomic mass is 10.4. The summed E-state index contributed by atoms with van der Waals surface area (Å²) >= 11 is 0. The zero-order valence-electron chi connectivity index (χ0n) is 6.60. The van der Waals surface area contributed by atoms with Gasteiger partial charge in [-0.1, -0.05) is 0 Å². The molecule has 0 spiro atoms. The van der Waals surface area contributed by atoms with Crippen molar-refractivity contribution in [1.29, 1.82) is 0 Å². The van der Waals surface area contributed by atoms with Crippen LogP contribution < -0.4 is 5.32 Å². The summed E-state index contributed by atoms with van der Waals surface area (Å²) in [6.07, 6.45) is 1.45. The Kier molecular flexibility index (Phi) is 3.08. The van der Waals surface area contributed by atoms with Crippen LogP contribution in [0.5, 0.6) is 0 Å². The fourth-order valence-electron chi connectivity index (χ4n) is 1.31. The second-order valence-electron chi connectivity index (χ2n) is 2.79. The molecule has 2 rings (SSSR count). The highest BCUT2D eigenvalue weighted by Crippen LogP contribution is 2.03. The third-order valence-corrected chi connectivity index (χ3v) is 1.87. The van der Waals surface area contributed by atoms with E-state index in [1.807, 2.05) is 10.7 Å². The molecule has 1 aliphatic rings. The molecule has 0 amide bonds. The number of nitrogens with one attached hydrogen (secondary N) is 1. The highest BCUT2D eigenvalue weighted by Gasteiger charge is 2.12. The molecular weight excluding hydrogens is 178 g/mol. The van der Waals surface area contributed by atoms with Crippen molar-refractivity contribution in [3.8, 4) is 0 Å². The lowest BCUT2D eigenvalue weighted by Crippen LogP contribution is -2.25. The molecule has 1 aromatic heterocycles. The summed E-state index contributed by atoms with van der Waals surface area (Å²) in [7, 11) is 0. The summed E-state index contributed by atoms with van der Waals surface area (Å²) < 4.78 is 1.84. The van der Waals surface area contributed by atoms with E-state index in [-0.39, 0.29) is 18.5 Å². The third-order valence-electron chi connectivity index (χ3n) is 1.87. The minimum absolute atomic E-state index is 0. The third kappa shape index (κ3) is 1.77. The van der Waals surface area contributed by atoms with E-state index in [0.29, 0.717) is 13.1 Å². The van der Waals surface area contributed by atoms with E-state index in [4.69, 9.17) is 0 Å². The summed E-state index contributed by atoms with van der Waals surface area (Å²) in [5, 5.41) is 16.5. The van der Waals surface area contributed by atoms with E-state index in [0.717, 1.165) is 12.2 Å². The first-order valence-corrected chi connectivity index (χ1v) is 3.76. The van der Waals surface area contributed by atoms with Gasteiger partial charge in [0.05, 0.1) is 18.3 Å². The topological polar surface area (TPSA) is 50.1 Å². The molecular formula is C7H12ClN3O. The predicted octanol–water partition coefficient (Wildman–Crippen LogP) is -0.231. The number of aromatic nitrogens is 2. The standard InChI is InChI=1S/C7H11N3O.ClH/c11-7-4-8-3-6-1-2-9-10(6)5-7;/h1-2,7-8,11H,3-5H2;1H. The van der Waals surface area contributed by atoms with Crippen molar-refractivity contribution in [1.82, 2.24) is 15.1 Å². The van der Waals surface area contributed by atoms with Gasteiger partial charge < -0.3 is 10.4 Å². The molecule has 0 fully saturated rings. The SMILES string of the molecule is Cl.OC1CNCc2ccnn2C1. The van der Waals surface area contributed by atoms with Gasteiger partial charge in [0.25, 0.3) is 0 Å². The maximum atomic E-state index is 9.33. The maximum absolute atomic E-state index is 9.33. The zero-order valence-corrected chi connectivity index (χ0v) is 7.42. The Bertz CT molecular complexity index is 251. The van der Waals surface area contributed by atoms with Crippen LogP contribution in [0, 0.1) is 0 Å². The highest BCUT2D eigenvalue weighted by atomic mass is 35.5. The Balaban J connectivity index is 0.000000720. The van der Waals surface area contributed by atoms with E-state index in [9.17, 15) is 5.11 Å². The minimum atomic E-state index is -0.309. The highest BCUT2D eigenvalue weighted by molar-refractivity contribution is 5.85. The molecule has 0 radical (unpaired) electrons. The smallest absolute Gasteiger partial charge is 0.0860 e. The van der Waals surface area contributed by atoms with Gasteiger partial charge in [0.15, 0.2) is 0 Å². The molecule has 1 aromatic rings. The summed E-state index contributed by atoms with van der Waals surface area (Å²) in [5.74, 6) is 0. The summed E-state index contributed by atoms with van der Waals surface area (Å²) in [6, 6.07) is 1.96. The summed E-state index contributed by atoms with van der Waals surface area (Å²) in [5.41, 5.74) is 1.14. The average Bonchev–Trinajstić information content (AvgIpc) is 2.31. The molecule has 4 nitrogen and oxygen atoms in total. The number of aliphatic hydroxyl groups is 1. The Morgan fingerprint density at radius 3 is 3.33 bits per heavy atom. The van der Waals surface area contributed by atoms with Crippen LogP contribution in [0.2, 0.25) is 0 Å². The van der Waals surface area contributed by atoms with E-state index in [1.165, 1.54) is 0 Å². The molecule has 68 valence electrons. The lowest BCUT2D eigenvalue weighted by Gasteiger charge is -2.05. The van der Waals surface area contributed by atoms with Gasteiger partial charge in [-0.05, 0) is 6.07 Å². The molecule has 12 heavy (non-hydrogen) atoms. The minimum Gasteiger partial charge on any atom is -0.390 e. The molecule has 2 heterocycles. The van der Waals surface area contributed by atoms with Crippen LogP contribution in [-0.4, -0.2) is 27.5 Å². The van der Waals surface area contributed by atoms with Crippen molar-refractivity contribution in [2.75, 3.05) is 6.54 Å². The molecule has 0 aliphatic carbocycles. The summed E-state index contributed by atoms with van der Waals surface area (Å²) in [6.45, 7) is 2.07. The second kappa shape index (κ2) is 3.89. The summed E-state index contributed by atoms with van der Waals surface area (Å²) in [4.78, 5) is 0. The largest absolute Gasteiger partial charge is 0.390 e. The molecule has 2 N–H and O–H groups in total. The monoisotopic (exact) mass is 189 g/mol. The Hall–Kier alpha value is -0.580. The van der Waals surface area contributed by atoms with Crippen LogP contribution >= 0.6 is 12.4 Å². The van der Waals surface area contributed by atoms with Crippen LogP contribution in [-0.2, 0) is 13.1 Å². The van der Waals surface area contributed by atoms with Crippen molar-refractivity contribution in [3.63, 3.8) is 0 Å². The average molecular weight is 190 g/mol. The van der Waals surface area contributed by atoms with Gasteiger partial charge in [-0.3, -0.25) is 4.68 Å². The van der Waals surface area contributed by atoms with Crippen LogP contribution in [0.3, 0.4) is 0 Å². The molecule has 0 aromatic carbocycles. The normalized spacial score (nSPS) is 22.2.